The normalized spacial score (nSPS) is 11.1. The first-order valence-electron chi connectivity index (χ1n) is 9.50. The van der Waals surface area contributed by atoms with Crippen molar-refractivity contribution in [3.8, 4) is 5.75 Å². The van der Waals surface area contributed by atoms with Crippen LogP contribution in [0.15, 0.2) is 53.6 Å². The van der Waals surface area contributed by atoms with Gasteiger partial charge < -0.3 is 15.4 Å². The fraction of sp³-hybridized carbons (Fsp3) is 0.238. The van der Waals surface area contributed by atoms with E-state index in [1.165, 1.54) is 30.5 Å². The Kier molecular flexibility index (Phi) is 8.75. The molecule has 0 radical (unpaired) electrons. The summed E-state index contributed by atoms with van der Waals surface area (Å²) in [6.45, 7) is 1.83. The van der Waals surface area contributed by atoms with E-state index in [-0.39, 0.29) is 5.69 Å². The van der Waals surface area contributed by atoms with E-state index in [0.29, 0.717) is 24.3 Å². The number of hydrogen-bond donors (Lipinski definition) is 3. The average molecular weight is 450 g/mol. The minimum absolute atomic E-state index is 0.00501. The Morgan fingerprint density at radius 1 is 1.06 bits per heavy atom. The summed E-state index contributed by atoms with van der Waals surface area (Å²) in [6, 6.07) is 10.5. The van der Waals surface area contributed by atoms with Gasteiger partial charge >= 0.3 is 18.0 Å². The molecule has 2 rings (SSSR count). The Morgan fingerprint density at radius 3 is 2.44 bits per heavy atom. The Hall–Kier alpha value is -3.89. The average Bonchev–Trinajstić information content (AvgIpc) is 2.76. The number of amides is 3. The predicted octanol–water partition coefficient (Wildman–Crippen LogP) is 2.70. The van der Waals surface area contributed by atoms with Gasteiger partial charge in [-0.15, -0.1) is 0 Å². The molecule has 0 aliphatic heterocycles. The third kappa shape index (κ3) is 8.09. The van der Waals surface area contributed by atoms with Gasteiger partial charge in [0.2, 0.25) is 0 Å². The zero-order valence-corrected chi connectivity index (χ0v) is 17.0. The molecule has 0 aliphatic rings. The summed E-state index contributed by atoms with van der Waals surface area (Å²) in [5, 5.41) is 8.43. The summed E-state index contributed by atoms with van der Waals surface area (Å²) in [5.41, 5.74) is 1.81. The van der Waals surface area contributed by atoms with Crippen LogP contribution in [0.1, 0.15) is 24.5 Å². The molecule has 3 N–H and O–H groups in total. The fourth-order valence-electron chi connectivity index (χ4n) is 2.30. The molecule has 11 heteroatoms. The van der Waals surface area contributed by atoms with Crippen molar-refractivity contribution in [2.24, 2.45) is 5.10 Å². The highest BCUT2D eigenvalue weighted by molar-refractivity contribution is 6.35. The van der Waals surface area contributed by atoms with Crippen LogP contribution in [-0.2, 0) is 20.6 Å². The van der Waals surface area contributed by atoms with E-state index >= 15 is 0 Å². The van der Waals surface area contributed by atoms with Gasteiger partial charge in [0, 0.05) is 12.2 Å². The first-order valence-corrected chi connectivity index (χ1v) is 9.50. The summed E-state index contributed by atoms with van der Waals surface area (Å²) < 4.78 is 43.5. The van der Waals surface area contributed by atoms with Crippen LogP contribution in [0.3, 0.4) is 0 Å². The van der Waals surface area contributed by atoms with Gasteiger partial charge in [0.15, 0.2) is 6.61 Å². The van der Waals surface area contributed by atoms with Crippen molar-refractivity contribution in [1.29, 1.82) is 0 Å². The monoisotopic (exact) mass is 450 g/mol. The van der Waals surface area contributed by atoms with Crippen LogP contribution in [0.2, 0.25) is 0 Å². The lowest BCUT2D eigenvalue weighted by Crippen LogP contribution is -2.38. The number of nitrogens with zero attached hydrogens (tertiary/aromatic N) is 1. The van der Waals surface area contributed by atoms with Crippen molar-refractivity contribution in [2.75, 3.05) is 18.5 Å². The maximum absolute atomic E-state index is 12.7. The Balaban J connectivity index is 1.81. The first kappa shape index (κ1) is 24.4. The van der Waals surface area contributed by atoms with Crippen molar-refractivity contribution < 1.29 is 32.3 Å². The molecule has 0 atom stereocenters. The second-order valence-electron chi connectivity index (χ2n) is 6.44. The molecule has 32 heavy (non-hydrogen) atoms. The van der Waals surface area contributed by atoms with Gasteiger partial charge in [-0.3, -0.25) is 14.4 Å². The smallest absolute Gasteiger partial charge is 0.416 e. The standard InChI is InChI=1S/C21H21F3N4O4/c1-2-10-25-19(30)20(31)28-26-12-14-6-8-17(9-7-14)32-13-18(29)27-16-5-3-4-15(11-16)21(22,23)24/h3-9,11-12H,2,10,13H2,1H3,(H,25,30)(H,27,29)(H,28,31)/b26-12-. The van der Waals surface area contributed by atoms with Crippen molar-refractivity contribution in [3.05, 3.63) is 59.7 Å². The zero-order valence-electron chi connectivity index (χ0n) is 17.0. The molecule has 0 bridgehead atoms. The Labute approximate surface area is 181 Å². The van der Waals surface area contributed by atoms with E-state index in [4.69, 9.17) is 4.74 Å². The number of rotatable bonds is 8. The van der Waals surface area contributed by atoms with Crippen molar-refractivity contribution >= 4 is 29.6 Å². The van der Waals surface area contributed by atoms with Crippen LogP contribution in [0.4, 0.5) is 18.9 Å². The van der Waals surface area contributed by atoms with Crippen molar-refractivity contribution in [3.63, 3.8) is 0 Å². The second kappa shape index (κ2) is 11.5. The van der Waals surface area contributed by atoms with Gasteiger partial charge in [0.1, 0.15) is 5.75 Å². The lowest BCUT2D eigenvalue weighted by atomic mass is 10.2. The van der Waals surface area contributed by atoms with E-state index in [0.717, 1.165) is 12.1 Å². The van der Waals surface area contributed by atoms with Gasteiger partial charge in [0.05, 0.1) is 11.8 Å². The number of carbonyl (C=O) groups excluding carboxylic acids is 3. The summed E-state index contributed by atoms with van der Waals surface area (Å²) in [5.74, 6) is -1.96. The van der Waals surface area contributed by atoms with Crippen molar-refractivity contribution in [1.82, 2.24) is 10.7 Å². The molecule has 3 amide bonds. The van der Waals surface area contributed by atoms with Crippen LogP contribution < -0.4 is 20.8 Å². The Morgan fingerprint density at radius 2 is 1.78 bits per heavy atom. The number of halogens is 3. The summed E-state index contributed by atoms with van der Waals surface area (Å²) >= 11 is 0. The highest BCUT2D eigenvalue weighted by atomic mass is 19.4. The largest absolute Gasteiger partial charge is 0.484 e. The third-order valence-electron chi connectivity index (χ3n) is 3.85. The van der Waals surface area contributed by atoms with Crippen molar-refractivity contribution in [2.45, 2.75) is 19.5 Å². The summed E-state index contributed by atoms with van der Waals surface area (Å²) in [7, 11) is 0. The number of ether oxygens (including phenoxy) is 1. The molecule has 170 valence electrons. The molecule has 0 saturated carbocycles. The number of anilines is 1. The summed E-state index contributed by atoms with van der Waals surface area (Å²) in [6.07, 6.45) is -2.49. The van der Waals surface area contributed by atoms with Crippen LogP contribution in [0.25, 0.3) is 0 Å². The maximum Gasteiger partial charge on any atom is 0.416 e. The number of hydrogen-bond acceptors (Lipinski definition) is 5. The predicted molar refractivity (Wildman–Crippen MR) is 111 cm³/mol. The molecular weight excluding hydrogens is 429 g/mol. The highest BCUT2D eigenvalue weighted by Gasteiger charge is 2.30. The number of hydrazone groups is 1. The molecule has 0 heterocycles. The minimum atomic E-state index is -4.51. The quantitative estimate of drug-likeness (QED) is 0.326. The molecule has 0 aliphatic carbocycles. The zero-order chi connectivity index (χ0) is 23.6. The third-order valence-corrected chi connectivity index (χ3v) is 3.85. The van der Waals surface area contributed by atoms with E-state index in [9.17, 15) is 27.6 Å². The van der Waals surface area contributed by atoms with E-state index in [1.54, 1.807) is 12.1 Å². The summed E-state index contributed by atoms with van der Waals surface area (Å²) in [4.78, 5) is 34.8. The fourth-order valence-corrected chi connectivity index (χ4v) is 2.30. The van der Waals surface area contributed by atoms with E-state index < -0.39 is 36.1 Å². The number of nitrogens with one attached hydrogen (secondary N) is 3. The molecule has 2 aromatic rings. The van der Waals surface area contributed by atoms with E-state index in [2.05, 4.69) is 21.2 Å². The van der Waals surface area contributed by atoms with Gasteiger partial charge in [-0.25, -0.2) is 5.43 Å². The van der Waals surface area contributed by atoms with Crippen LogP contribution >= 0.6 is 0 Å². The van der Waals surface area contributed by atoms with Crippen LogP contribution in [0, 0.1) is 0 Å². The number of carbonyl (C=O) groups is 3. The SMILES string of the molecule is CCCNC(=O)C(=O)N/N=C\c1ccc(OCC(=O)Nc2cccc(C(F)(F)F)c2)cc1. The van der Waals surface area contributed by atoms with Gasteiger partial charge in [-0.2, -0.15) is 18.3 Å². The van der Waals surface area contributed by atoms with Gasteiger partial charge in [-0.1, -0.05) is 13.0 Å². The lowest BCUT2D eigenvalue weighted by Gasteiger charge is -2.10. The second-order valence-corrected chi connectivity index (χ2v) is 6.44. The van der Waals surface area contributed by atoms with Gasteiger partial charge in [-0.05, 0) is 54.4 Å². The topological polar surface area (TPSA) is 109 Å². The molecule has 2 aromatic carbocycles. The molecule has 8 nitrogen and oxygen atoms in total. The van der Waals surface area contributed by atoms with Gasteiger partial charge in [0.25, 0.3) is 5.91 Å². The van der Waals surface area contributed by atoms with E-state index in [1.807, 2.05) is 6.92 Å². The molecule has 0 saturated heterocycles. The molecular formula is C21H21F3N4O4. The minimum Gasteiger partial charge on any atom is -0.484 e. The number of alkyl halides is 3. The van der Waals surface area contributed by atoms with Crippen LogP contribution in [0.5, 0.6) is 5.75 Å². The lowest BCUT2D eigenvalue weighted by molar-refractivity contribution is -0.139. The molecule has 0 spiro atoms. The Bertz CT molecular complexity index is 976. The first-order chi connectivity index (χ1) is 15.2. The molecule has 0 fully saturated rings. The van der Waals surface area contributed by atoms with Crippen LogP contribution in [-0.4, -0.2) is 37.1 Å². The highest BCUT2D eigenvalue weighted by Crippen LogP contribution is 2.30. The maximum atomic E-state index is 12.7. The molecule has 0 unspecified atom stereocenters. The number of benzene rings is 2. The molecule has 0 aromatic heterocycles.